The second kappa shape index (κ2) is 37.7. The van der Waals surface area contributed by atoms with E-state index >= 15 is 28.8 Å². The molecule has 0 unspecified atom stereocenters. The minimum Gasteiger partial charge on any atom is -0.411 e. The molecule has 542 valence electrons. The molecule has 1 saturated heterocycles. The summed E-state index contributed by atoms with van der Waals surface area (Å²) in [6.07, 6.45) is 0.298. The van der Waals surface area contributed by atoms with E-state index < -0.39 is 169 Å². The molecule has 0 aromatic carbocycles. The Morgan fingerprint density at radius 3 is 1.24 bits per heavy atom. The van der Waals surface area contributed by atoms with E-state index in [0.717, 1.165) is 0 Å². The summed E-state index contributed by atoms with van der Waals surface area (Å²) in [6.45, 7) is 40.2. The van der Waals surface area contributed by atoms with Crippen LogP contribution in [0.5, 0.6) is 0 Å². The number of nitrogens with one attached hydrogen (secondary N) is 4. The number of rotatable bonds is 19. The van der Waals surface area contributed by atoms with Gasteiger partial charge in [0.1, 0.15) is 66.5 Å². The van der Waals surface area contributed by atoms with Gasteiger partial charge in [0, 0.05) is 55.9 Å². The van der Waals surface area contributed by atoms with Crippen LogP contribution in [0, 0.1) is 41.4 Å². The predicted octanol–water partition coefficient (Wildman–Crippen LogP) is 5.88. The molecule has 1 heterocycles. The summed E-state index contributed by atoms with van der Waals surface area (Å²) in [4.78, 5) is 174. The third kappa shape index (κ3) is 23.3. The Hall–Kier alpha value is -5.69. The SMILES string of the molecule is CCC[C@@H]1C(=O)N(C)[C@@H](CC(C)C)C(=O)N[C@@H](C(C)C)C(=O)N(C)[C@@H](CC(C)C)C(=O)N[C@@H](C)C(=O)N[C@H](C)C(=O)N(C)[C@@H](CC(C)C)C(=O)N(C)[C@@H](CC(C)C)C(=O)N(C)[C@@H](C(C)C)C(=O)N(C)[C@@H]([C@H](O[Si](C)(C)C(C)(C)C)[C@H](C)CCO)C(=O)N[C@@H](CC)C(=O)N1C. The van der Waals surface area contributed by atoms with Crippen LogP contribution in [-0.2, 0) is 57.2 Å². The van der Waals surface area contributed by atoms with Gasteiger partial charge in [0.25, 0.3) is 0 Å². The minimum atomic E-state index is -2.87. The molecule has 5 N–H and O–H groups in total. The summed E-state index contributed by atoms with van der Waals surface area (Å²) in [6, 6.07) is -13.4. The lowest BCUT2D eigenvalue weighted by Crippen LogP contribution is -2.65. The van der Waals surface area contributed by atoms with Crippen molar-refractivity contribution in [3.63, 3.8) is 0 Å². The van der Waals surface area contributed by atoms with E-state index in [1.807, 2.05) is 103 Å². The van der Waals surface area contributed by atoms with Crippen LogP contribution in [0.15, 0.2) is 0 Å². The van der Waals surface area contributed by atoms with Crippen LogP contribution in [0.2, 0.25) is 18.1 Å². The number of amides is 11. The fraction of sp³-hybridized carbons (Fsp3) is 0.841. The van der Waals surface area contributed by atoms with Gasteiger partial charge in [-0.3, -0.25) is 52.7 Å². The van der Waals surface area contributed by atoms with Crippen molar-refractivity contribution >= 4 is 73.3 Å². The number of carbonyl (C=O) groups is 11. The van der Waals surface area contributed by atoms with E-state index in [4.69, 9.17) is 4.43 Å². The van der Waals surface area contributed by atoms with Gasteiger partial charge in [0.15, 0.2) is 8.32 Å². The third-order valence-corrected chi connectivity index (χ3v) is 23.5. The first-order valence-corrected chi connectivity index (χ1v) is 37.4. The summed E-state index contributed by atoms with van der Waals surface area (Å²) >= 11 is 0. The van der Waals surface area contributed by atoms with Crippen molar-refractivity contribution in [2.75, 3.05) is 55.9 Å². The maximum atomic E-state index is 15.8. The summed E-state index contributed by atoms with van der Waals surface area (Å²) in [7, 11) is 7.40. The van der Waals surface area contributed by atoms with E-state index in [2.05, 4.69) is 21.3 Å². The summed E-state index contributed by atoms with van der Waals surface area (Å²) < 4.78 is 7.19. The molecule has 24 nitrogen and oxygen atoms in total. The van der Waals surface area contributed by atoms with E-state index in [-0.39, 0.29) is 75.2 Å². The molecular formula is C69H129N11O13Si. The van der Waals surface area contributed by atoms with Crippen LogP contribution in [0.1, 0.15) is 190 Å². The van der Waals surface area contributed by atoms with Crippen LogP contribution >= 0.6 is 0 Å². The highest BCUT2D eigenvalue weighted by Gasteiger charge is 2.50. The Morgan fingerprint density at radius 1 is 0.447 bits per heavy atom. The number of aliphatic hydroxyl groups is 1. The van der Waals surface area contributed by atoms with Crippen molar-refractivity contribution in [2.45, 2.75) is 281 Å². The zero-order chi connectivity index (χ0) is 73.3. The molecule has 1 fully saturated rings. The van der Waals surface area contributed by atoms with Crippen LogP contribution in [-0.4, -0.2) is 241 Å². The molecule has 1 aliphatic rings. The Kier molecular flexibility index (Phi) is 34.6. The van der Waals surface area contributed by atoms with Crippen molar-refractivity contribution in [3.05, 3.63) is 0 Å². The van der Waals surface area contributed by atoms with Gasteiger partial charge in [-0.1, -0.05) is 131 Å². The van der Waals surface area contributed by atoms with Crippen LogP contribution in [0.25, 0.3) is 0 Å². The van der Waals surface area contributed by atoms with Crippen molar-refractivity contribution in [1.82, 2.24) is 55.6 Å². The summed E-state index contributed by atoms with van der Waals surface area (Å²) in [5.74, 6) is -9.40. The molecule has 0 aromatic rings. The van der Waals surface area contributed by atoms with Gasteiger partial charge in [-0.05, 0) is 118 Å². The highest BCUT2D eigenvalue weighted by Crippen LogP contribution is 2.40. The molecule has 1 rings (SSSR count). The lowest BCUT2D eigenvalue weighted by molar-refractivity contribution is -0.157. The second-order valence-corrected chi connectivity index (χ2v) is 35.4. The smallest absolute Gasteiger partial charge is 0.246 e. The molecule has 94 heavy (non-hydrogen) atoms. The van der Waals surface area contributed by atoms with Crippen molar-refractivity contribution in [2.24, 2.45) is 41.4 Å². The highest BCUT2D eigenvalue weighted by atomic mass is 28.4. The van der Waals surface area contributed by atoms with Gasteiger partial charge in [-0.25, -0.2) is 0 Å². The molecular weight excluding hydrogens is 1220 g/mol. The number of nitrogens with zero attached hydrogens (tertiary/aromatic N) is 7. The van der Waals surface area contributed by atoms with E-state index in [0.29, 0.717) is 6.42 Å². The van der Waals surface area contributed by atoms with E-state index in [1.165, 1.54) is 97.5 Å². The molecule has 0 radical (unpaired) electrons. The van der Waals surface area contributed by atoms with Crippen molar-refractivity contribution in [1.29, 1.82) is 0 Å². The lowest BCUT2D eigenvalue weighted by Gasteiger charge is -2.46. The van der Waals surface area contributed by atoms with E-state index in [9.17, 15) is 29.1 Å². The van der Waals surface area contributed by atoms with Gasteiger partial charge >= 0.3 is 0 Å². The van der Waals surface area contributed by atoms with Crippen LogP contribution in [0.3, 0.4) is 0 Å². The second-order valence-electron chi connectivity index (χ2n) is 30.7. The number of hydrogen-bond donors (Lipinski definition) is 5. The first-order valence-electron chi connectivity index (χ1n) is 34.5. The Bertz CT molecular complexity index is 2560. The number of likely N-dealkylation sites (N-methyl/N-ethyl adjacent to an activating group) is 7. The topological polar surface area (TPSA) is 288 Å². The number of carbonyl (C=O) groups excluding carboxylic acids is 11. The quantitative estimate of drug-likeness (QED) is 0.0946. The maximum Gasteiger partial charge on any atom is 0.246 e. The fourth-order valence-corrected chi connectivity index (χ4v) is 13.3. The predicted molar refractivity (Wildman–Crippen MR) is 371 cm³/mol. The molecule has 0 spiro atoms. The molecule has 11 amide bonds. The molecule has 0 aromatic heterocycles. The summed E-state index contributed by atoms with van der Waals surface area (Å²) in [5.41, 5.74) is 0. The zero-order valence-corrected chi connectivity index (χ0v) is 64.3. The standard InChI is InChI=1S/C69H129N11O13Si/c1-30-32-49-64(88)75(22)51(36-40(5)6)60(84)73-54(43(11)12)67(91)76(23)50(35-39(3)4)59(83)70-46(16)58(82)71-47(17)62(86)77(24)52(37-41(7)8)65(89)78(25)53(38-42(9)10)66(90)79(26)55(44(13)14)68(92)80(27)56(61(85)72-48(31-2)63(87)74(49)21)57(45(15)33-34-81)93-94(28,29)69(18,19)20/h39-57,81H,30-38H2,1-29H3,(H,70,83)(H,71,82)(H,72,85)(H,73,84)/t45-,46+,47-,48+,49-,50+,51+,52+,53+,54+,55+,56+,57-/m1/s1. The largest absolute Gasteiger partial charge is 0.411 e. The number of aliphatic hydroxyl groups excluding tert-OH is 1. The Balaban J connectivity index is 4.66. The van der Waals surface area contributed by atoms with Gasteiger partial charge in [0.2, 0.25) is 65.0 Å². The van der Waals surface area contributed by atoms with Crippen molar-refractivity contribution in [3.8, 4) is 0 Å². The number of hydrogen-bond acceptors (Lipinski definition) is 13. The molecule has 0 bridgehead atoms. The first-order chi connectivity index (χ1) is 43.1. The first kappa shape index (κ1) is 86.3. The average molecular weight is 1350 g/mol. The Morgan fingerprint density at radius 2 is 0.830 bits per heavy atom. The molecule has 25 heteroatoms. The summed E-state index contributed by atoms with van der Waals surface area (Å²) in [5, 5.41) is 21.4. The molecule has 13 atom stereocenters. The molecule has 1 aliphatic heterocycles. The maximum absolute atomic E-state index is 15.8. The normalized spacial score (nSPS) is 26.6. The average Bonchev–Trinajstić information content (AvgIpc) is 0.792. The zero-order valence-electron chi connectivity index (χ0n) is 63.3. The van der Waals surface area contributed by atoms with Crippen LogP contribution < -0.4 is 21.3 Å². The molecule has 0 aliphatic carbocycles. The minimum absolute atomic E-state index is 0.0314. The monoisotopic (exact) mass is 1350 g/mol. The third-order valence-electron chi connectivity index (χ3n) is 19.0. The van der Waals surface area contributed by atoms with E-state index in [1.54, 1.807) is 34.6 Å². The van der Waals surface area contributed by atoms with Gasteiger partial charge in [-0.2, -0.15) is 0 Å². The van der Waals surface area contributed by atoms with Crippen LogP contribution in [0.4, 0.5) is 0 Å². The Labute approximate surface area is 566 Å². The van der Waals surface area contributed by atoms with Gasteiger partial charge < -0.3 is 65.1 Å². The molecule has 0 saturated carbocycles. The lowest BCUT2D eigenvalue weighted by atomic mass is 9.91. The fourth-order valence-electron chi connectivity index (χ4n) is 12.0. The van der Waals surface area contributed by atoms with Gasteiger partial charge in [-0.15, -0.1) is 0 Å². The van der Waals surface area contributed by atoms with Gasteiger partial charge in [0.05, 0.1) is 6.10 Å². The van der Waals surface area contributed by atoms with Crippen molar-refractivity contribution < 1.29 is 62.3 Å². The highest BCUT2D eigenvalue weighted by molar-refractivity contribution is 6.74.